The molecule has 2 heteroatoms. The van der Waals surface area contributed by atoms with Crippen molar-refractivity contribution in [3.05, 3.63) is 59.7 Å². The van der Waals surface area contributed by atoms with E-state index >= 15 is 0 Å². The first kappa shape index (κ1) is 10.5. The van der Waals surface area contributed by atoms with Gasteiger partial charge in [0.2, 0.25) is 0 Å². The topological polar surface area (TPSA) is 0 Å². The van der Waals surface area contributed by atoms with Gasteiger partial charge in [0.25, 0.3) is 6.43 Å². The first-order chi connectivity index (χ1) is 8.15. The molecule has 1 aliphatic rings. The van der Waals surface area contributed by atoms with Crippen molar-refractivity contribution in [1.29, 1.82) is 0 Å². The molecule has 0 atom stereocenters. The van der Waals surface area contributed by atoms with Gasteiger partial charge in [0.05, 0.1) is 5.41 Å². The predicted molar refractivity (Wildman–Crippen MR) is 64.3 cm³/mol. The summed E-state index contributed by atoms with van der Waals surface area (Å²) in [6.07, 6.45) is -2.40. The Morgan fingerprint density at radius 1 is 0.824 bits per heavy atom. The largest absolute Gasteiger partial charge is 0.251 e. The number of alkyl halides is 2. The van der Waals surface area contributed by atoms with Crippen LogP contribution in [0.2, 0.25) is 0 Å². The summed E-state index contributed by atoms with van der Waals surface area (Å²) in [6, 6.07) is 14.9. The molecule has 1 aliphatic carbocycles. The van der Waals surface area contributed by atoms with Crippen molar-refractivity contribution >= 4 is 0 Å². The van der Waals surface area contributed by atoms with Crippen molar-refractivity contribution < 1.29 is 8.78 Å². The summed E-state index contributed by atoms with van der Waals surface area (Å²) in [5.74, 6) is 0. The Kier molecular flexibility index (Phi) is 2.09. The maximum Gasteiger partial charge on any atom is 0.251 e. The lowest BCUT2D eigenvalue weighted by atomic mass is 9.81. The van der Waals surface area contributed by atoms with E-state index in [0.29, 0.717) is 0 Å². The lowest BCUT2D eigenvalue weighted by Crippen LogP contribution is -2.29. The van der Waals surface area contributed by atoms with Gasteiger partial charge in [-0.15, -0.1) is 0 Å². The minimum atomic E-state index is -2.40. The fraction of sp³-hybridized carbons (Fsp3) is 0.200. The van der Waals surface area contributed by atoms with Crippen molar-refractivity contribution in [3.63, 3.8) is 0 Å². The van der Waals surface area contributed by atoms with E-state index in [1.807, 2.05) is 48.5 Å². The van der Waals surface area contributed by atoms with Gasteiger partial charge in [-0.3, -0.25) is 0 Å². The van der Waals surface area contributed by atoms with Gasteiger partial charge >= 0.3 is 0 Å². The maximum absolute atomic E-state index is 13.5. The van der Waals surface area contributed by atoms with Gasteiger partial charge in [-0.05, 0) is 29.2 Å². The summed E-state index contributed by atoms with van der Waals surface area (Å²) >= 11 is 0. The van der Waals surface area contributed by atoms with Gasteiger partial charge in [0, 0.05) is 0 Å². The third kappa shape index (κ3) is 1.21. The van der Waals surface area contributed by atoms with Crippen LogP contribution < -0.4 is 0 Å². The number of hydrogen-bond donors (Lipinski definition) is 0. The number of halogens is 2. The zero-order valence-corrected chi connectivity index (χ0v) is 9.45. The van der Waals surface area contributed by atoms with Crippen molar-refractivity contribution in [2.45, 2.75) is 18.8 Å². The summed E-state index contributed by atoms with van der Waals surface area (Å²) < 4.78 is 27.0. The first-order valence-corrected chi connectivity index (χ1v) is 5.63. The van der Waals surface area contributed by atoms with Gasteiger partial charge in [0.1, 0.15) is 0 Å². The molecule has 0 heterocycles. The van der Waals surface area contributed by atoms with Crippen LogP contribution in [-0.2, 0) is 5.41 Å². The molecule has 0 nitrogen and oxygen atoms in total. The molecule has 0 fully saturated rings. The average Bonchev–Trinajstić information content (AvgIpc) is 2.63. The summed E-state index contributed by atoms with van der Waals surface area (Å²) in [6.45, 7) is 1.63. The zero-order chi connectivity index (χ0) is 12.0. The standard InChI is InChI=1S/C15H12F2/c1-15(14(16)17)12-8-4-2-6-10(12)11-7-3-5-9-13(11)15/h2-9,14H,1H3. The molecule has 0 spiro atoms. The molecule has 0 N–H and O–H groups in total. The molecule has 17 heavy (non-hydrogen) atoms. The van der Waals surface area contributed by atoms with Gasteiger partial charge in [0.15, 0.2) is 0 Å². The van der Waals surface area contributed by atoms with E-state index in [2.05, 4.69) is 0 Å². The Morgan fingerprint density at radius 2 is 1.24 bits per heavy atom. The van der Waals surface area contributed by atoms with E-state index < -0.39 is 11.8 Å². The van der Waals surface area contributed by atoms with E-state index in [1.54, 1.807) is 6.92 Å². The van der Waals surface area contributed by atoms with Crippen molar-refractivity contribution in [2.75, 3.05) is 0 Å². The SMILES string of the molecule is CC1(C(F)F)c2ccccc2-c2ccccc21. The molecule has 0 bridgehead atoms. The number of fused-ring (bicyclic) bond motifs is 3. The van der Waals surface area contributed by atoms with E-state index in [9.17, 15) is 8.78 Å². The van der Waals surface area contributed by atoms with Gasteiger partial charge in [-0.25, -0.2) is 8.78 Å². The lowest BCUT2D eigenvalue weighted by molar-refractivity contribution is 0.0829. The summed E-state index contributed by atoms with van der Waals surface area (Å²) in [5, 5.41) is 0. The Hall–Kier alpha value is -1.70. The monoisotopic (exact) mass is 230 g/mol. The highest BCUT2D eigenvalue weighted by Gasteiger charge is 2.45. The molecular formula is C15H12F2. The Bertz CT molecular complexity index is 527. The average molecular weight is 230 g/mol. The molecular weight excluding hydrogens is 218 g/mol. The summed E-state index contributed by atoms with van der Waals surface area (Å²) in [4.78, 5) is 0. The second kappa shape index (κ2) is 3.39. The Morgan fingerprint density at radius 3 is 1.65 bits per heavy atom. The second-order valence-electron chi connectivity index (χ2n) is 4.59. The molecule has 2 aromatic rings. The van der Waals surface area contributed by atoms with Crippen LogP contribution in [0.25, 0.3) is 11.1 Å². The lowest BCUT2D eigenvalue weighted by Gasteiger charge is -2.26. The minimum Gasteiger partial charge on any atom is -0.209 e. The van der Waals surface area contributed by atoms with Gasteiger partial charge in [-0.2, -0.15) is 0 Å². The molecule has 0 aliphatic heterocycles. The molecule has 0 aromatic heterocycles. The van der Waals surface area contributed by atoms with E-state index in [1.165, 1.54) is 0 Å². The third-order valence-electron chi connectivity index (χ3n) is 3.70. The van der Waals surface area contributed by atoms with Crippen LogP contribution in [0, 0.1) is 0 Å². The normalized spacial score (nSPS) is 15.8. The molecule has 0 saturated heterocycles. The smallest absolute Gasteiger partial charge is 0.209 e. The molecule has 0 amide bonds. The summed E-state index contributed by atoms with van der Waals surface area (Å²) in [7, 11) is 0. The molecule has 0 radical (unpaired) electrons. The van der Waals surface area contributed by atoms with Crippen molar-refractivity contribution in [1.82, 2.24) is 0 Å². The Labute approximate surface area is 98.9 Å². The molecule has 86 valence electrons. The maximum atomic E-state index is 13.5. The Balaban J connectivity index is 2.39. The van der Waals surface area contributed by atoms with Crippen molar-refractivity contribution in [3.8, 4) is 11.1 Å². The number of hydrogen-bond acceptors (Lipinski definition) is 0. The van der Waals surface area contributed by atoms with Crippen LogP contribution in [0.15, 0.2) is 48.5 Å². The predicted octanol–water partition coefficient (Wildman–Crippen LogP) is 4.24. The molecule has 2 aromatic carbocycles. The van der Waals surface area contributed by atoms with Crippen LogP contribution in [0.5, 0.6) is 0 Å². The highest BCUT2D eigenvalue weighted by atomic mass is 19.3. The van der Waals surface area contributed by atoms with Crippen LogP contribution in [-0.4, -0.2) is 6.43 Å². The van der Waals surface area contributed by atoms with Crippen LogP contribution in [0.3, 0.4) is 0 Å². The highest BCUT2D eigenvalue weighted by Crippen LogP contribution is 2.51. The first-order valence-electron chi connectivity index (χ1n) is 5.63. The molecule has 3 rings (SSSR count). The molecule has 0 unspecified atom stereocenters. The number of benzene rings is 2. The van der Waals surface area contributed by atoms with E-state index in [0.717, 1.165) is 22.3 Å². The van der Waals surface area contributed by atoms with Crippen molar-refractivity contribution in [2.24, 2.45) is 0 Å². The zero-order valence-electron chi connectivity index (χ0n) is 9.45. The van der Waals surface area contributed by atoms with Gasteiger partial charge in [-0.1, -0.05) is 48.5 Å². The fourth-order valence-electron chi connectivity index (χ4n) is 2.72. The van der Waals surface area contributed by atoms with Crippen LogP contribution in [0.1, 0.15) is 18.1 Å². The quantitative estimate of drug-likeness (QED) is 0.687. The third-order valence-corrected chi connectivity index (χ3v) is 3.70. The summed E-state index contributed by atoms with van der Waals surface area (Å²) in [5.41, 5.74) is 2.16. The van der Waals surface area contributed by atoms with E-state index in [-0.39, 0.29) is 0 Å². The molecule has 0 saturated carbocycles. The van der Waals surface area contributed by atoms with E-state index in [4.69, 9.17) is 0 Å². The highest BCUT2D eigenvalue weighted by molar-refractivity contribution is 5.80. The fourth-order valence-corrected chi connectivity index (χ4v) is 2.72. The minimum absolute atomic E-state index is 0.733. The number of rotatable bonds is 1. The van der Waals surface area contributed by atoms with Crippen LogP contribution in [0.4, 0.5) is 8.78 Å². The van der Waals surface area contributed by atoms with Gasteiger partial charge < -0.3 is 0 Å². The second-order valence-corrected chi connectivity index (χ2v) is 4.59. The van der Waals surface area contributed by atoms with Crippen LogP contribution >= 0.6 is 0 Å².